The lowest BCUT2D eigenvalue weighted by molar-refractivity contribution is -0.151. The molecule has 0 fully saturated rings. The molecular formula is C15H17NO4. The molecule has 0 aliphatic heterocycles. The van der Waals surface area contributed by atoms with Crippen LogP contribution in [0, 0.1) is 5.41 Å². The molecular weight excluding hydrogens is 258 g/mol. The van der Waals surface area contributed by atoms with E-state index in [0.717, 1.165) is 5.39 Å². The fourth-order valence-corrected chi connectivity index (χ4v) is 2.33. The molecule has 0 aliphatic carbocycles. The van der Waals surface area contributed by atoms with Gasteiger partial charge in [-0.1, -0.05) is 12.1 Å². The maximum atomic E-state index is 11.8. The summed E-state index contributed by atoms with van der Waals surface area (Å²) in [6.07, 6.45) is 1.79. The highest BCUT2D eigenvalue weighted by atomic mass is 16.5. The number of nitrogens with zero attached hydrogens (tertiary/aromatic N) is 1. The van der Waals surface area contributed by atoms with Gasteiger partial charge in [0.2, 0.25) is 0 Å². The second kappa shape index (κ2) is 5.00. The van der Waals surface area contributed by atoms with Crippen molar-refractivity contribution in [2.24, 2.45) is 5.41 Å². The summed E-state index contributed by atoms with van der Waals surface area (Å²) in [6, 6.07) is 6.96. The normalized spacial score (nSPS) is 11.6. The van der Waals surface area contributed by atoms with E-state index < -0.39 is 11.4 Å². The van der Waals surface area contributed by atoms with Crippen LogP contribution in [0.2, 0.25) is 0 Å². The van der Waals surface area contributed by atoms with Gasteiger partial charge in [0.1, 0.15) is 0 Å². The van der Waals surface area contributed by atoms with Crippen molar-refractivity contribution in [2.75, 3.05) is 7.11 Å². The third-order valence-electron chi connectivity index (χ3n) is 3.32. The van der Waals surface area contributed by atoms with Crippen LogP contribution in [-0.4, -0.2) is 28.7 Å². The lowest BCUT2D eigenvalue weighted by atomic mass is 9.93. The van der Waals surface area contributed by atoms with Gasteiger partial charge in [-0.2, -0.15) is 0 Å². The predicted octanol–water partition coefficient (Wildman–Crippen LogP) is 2.54. The number of aromatic carboxylic acids is 1. The number of carbonyl (C=O) groups excluding carboxylic acids is 1. The first-order chi connectivity index (χ1) is 9.36. The van der Waals surface area contributed by atoms with Crippen LogP contribution in [0.1, 0.15) is 24.2 Å². The van der Waals surface area contributed by atoms with E-state index in [0.29, 0.717) is 12.1 Å². The molecule has 1 aromatic heterocycles. The Kier molecular flexibility index (Phi) is 3.53. The summed E-state index contributed by atoms with van der Waals surface area (Å²) in [5.74, 6) is -1.31. The van der Waals surface area contributed by atoms with E-state index in [1.807, 2.05) is 12.1 Å². The number of ether oxygens (including phenoxy) is 1. The third kappa shape index (κ3) is 2.39. The average Bonchev–Trinajstić information content (AvgIpc) is 2.80. The second-order valence-corrected chi connectivity index (χ2v) is 5.37. The number of carboxylic acid groups (broad SMARTS) is 1. The Hall–Kier alpha value is -2.30. The van der Waals surface area contributed by atoms with E-state index >= 15 is 0 Å². The van der Waals surface area contributed by atoms with Gasteiger partial charge in [0.25, 0.3) is 0 Å². The monoisotopic (exact) mass is 275 g/mol. The summed E-state index contributed by atoms with van der Waals surface area (Å²) >= 11 is 0. The second-order valence-electron chi connectivity index (χ2n) is 5.37. The van der Waals surface area contributed by atoms with E-state index in [-0.39, 0.29) is 11.5 Å². The van der Waals surface area contributed by atoms with Gasteiger partial charge in [0.05, 0.1) is 23.6 Å². The van der Waals surface area contributed by atoms with Gasteiger partial charge in [0, 0.05) is 18.1 Å². The number of methoxy groups -OCH3 is 1. The average molecular weight is 275 g/mol. The highest BCUT2D eigenvalue weighted by Crippen LogP contribution is 2.26. The van der Waals surface area contributed by atoms with E-state index in [9.17, 15) is 14.7 Å². The number of carbonyl (C=O) groups is 2. The van der Waals surface area contributed by atoms with E-state index in [4.69, 9.17) is 4.74 Å². The molecule has 2 rings (SSSR count). The van der Waals surface area contributed by atoms with Crippen LogP contribution in [0.25, 0.3) is 10.9 Å². The Morgan fingerprint density at radius 1 is 1.30 bits per heavy atom. The van der Waals surface area contributed by atoms with E-state index in [1.165, 1.54) is 7.11 Å². The first-order valence-corrected chi connectivity index (χ1v) is 6.26. The maximum Gasteiger partial charge on any atom is 0.337 e. The smallest absolute Gasteiger partial charge is 0.337 e. The Balaban J connectivity index is 2.51. The van der Waals surface area contributed by atoms with Gasteiger partial charge in [-0.3, -0.25) is 4.79 Å². The quantitative estimate of drug-likeness (QED) is 0.871. The molecule has 0 atom stereocenters. The topological polar surface area (TPSA) is 68.5 Å². The van der Waals surface area contributed by atoms with Crippen molar-refractivity contribution >= 4 is 22.8 Å². The molecule has 0 radical (unpaired) electrons. The number of fused-ring (bicyclic) bond motifs is 1. The maximum absolute atomic E-state index is 11.8. The minimum Gasteiger partial charge on any atom is -0.478 e. The molecule has 0 unspecified atom stereocenters. The molecule has 0 saturated carbocycles. The summed E-state index contributed by atoms with van der Waals surface area (Å²) in [4.78, 5) is 23.1. The summed E-state index contributed by atoms with van der Waals surface area (Å²) in [6.45, 7) is 3.90. The van der Waals surface area contributed by atoms with Crippen LogP contribution in [0.5, 0.6) is 0 Å². The minimum atomic E-state index is -0.980. The zero-order chi connectivity index (χ0) is 14.9. The summed E-state index contributed by atoms with van der Waals surface area (Å²) < 4.78 is 6.57. The van der Waals surface area contributed by atoms with Crippen LogP contribution in [0.15, 0.2) is 30.5 Å². The summed E-state index contributed by atoms with van der Waals surface area (Å²) in [5.41, 5.74) is 0.122. The van der Waals surface area contributed by atoms with Gasteiger partial charge < -0.3 is 14.4 Å². The fraction of sp³-hybridized carbons (Fsp3) is 0.333. The number of esters is 1. The standard InChI is InChI=1S/C15H17NO4/c1-15(2,14(19)20-3)9-16-8-7-10-5-4-6-11(12(10)16)13(17)18/h4-8H,9H2,1-3H3,(H,17,18). The molecule has 0 bridgehead atoms. The molecule has 5 heteroatoms. The molecule has 2 aromatic rings. The predicted molar refractivity (Wildman–Crippen MR) is 74.7 cm³/mol. The number of carboxylic acids is 1. The highest BCUT2D eigenvalue weighted by Gasteiger charge is 2.30. The van der Waals surface area contributed by atoms with Crippen molar-refractivity contribution < 1.29 is 19.4 Å². The van der Waals surface area contributed by atoms with Crippen molar-refractivity contribution in [2.45, 2.75) is 20.4 Å². The number of hydrogen-bond acceptors (Lipinski definition) is 3. The Bertz CT molecular complexity index is 670. The van der Waals surface area contributed by atoms with Crippen molar-refractivity contribution in [3.05, 3.63) is 36.0 Å². The Morgan fingerprint density at radius 3 is 2.60 bits per heavy atom. The number of benzene rings is 1. The molecule has 20 heavy (non-hydrogen) atoms. The molecule has 0 spiro atoms. The largest absolute Gasteiger partial charge is 0.478 e. The van der Waals surface area contributed by atoms with Gasteiger partial charge >= 0.3 is 11.9 Å². The zero-order valence-corrected chi connectivity index (χ0v) is 11.7. The minimum absolute atomic E-state index is 0.230. The molecule has 1 heterocycles. The Morgan fingerprint density at radius 2 is 2.00 bits per heavy atom. The number of para-hydroxylation sites is 1. The molecule has 5 nitrogen and oxygen atoms in total. The SMILES string of the molecule is COC(=O)C(C)(C)Cn1ccc2cccc(C(=O)O)c21. The van der Waals surface area contributed by atoms with Crippen molar-refractivity contribution in [1.82, 2.24) is 4.57 Å². The van der Waals surface area contributed by atoms with Gasteiger partial charge in [-0.15, -0.1) is 0 Å². The molecule has 0 aliphatic rings. The molecule has 106 valence electrons. The first kappa shape index (κ1) is 14.1. The van der Waals surface area contributed by atoms with E-state index in [2.05, 4.69) is 0 Å². The summed E-state index contributed by atoms with van der Waals surface area (Å²) in [7, 11) is 1.35. The number of rotatable bonds is 4. The van der Waals surface area contributed by atoms with Crippen molar-refractivity contribution in [3.63, 3.8) is 0 Å². The number of aromatic nitrogens is 1. The summed E-state index contributed by atoms with van der Waals surface area (Å²) in [5, 5.41) is 10.1. The lowest BCUT2D eigenvalue weighted by Gasteiger charge is -2.23. The van der Waals surface area contributed by atoms with Crippen LogP contribution in [0.4, 0.5) is 0 Å². The third-order valence-corrected chi connectivity index (χ3v) is 3.32. The Labute approximate surface area is 116 Å². The van der Waals surface area contributed by atoms with Crippen molar-refractivity contribution in [3.8, 4) is 0 Å². The number of hydrogen-bond donors (Lipinski definition) is 1. The molecule has 0 saturated heterocycles. The molecule has 0 amide bonds. The highest BCUT2D eigenvalue weighted by molar-refractivity contribution is 6.02. The van der Waals surface area contributed by atoms with Gasteiger partial charge in [-0.25, -0.2) is 4.79 Å². The molecule has 1 aromatic carbocycles. The fourth-order valence-electron chi connectivity index (χ4n) is 2.33. The van der Waals surface area contributed by atoms with Gasteiger partial charge in [0.15, 0.2) is 0 Å². The lowest BCUT2D eigenvalue weighted by Crippen LogP contribution is -2.30. The zero-order valence-electron chi connectivity index (χ0n) is 11.7. The van der Waals surface area contributed by atoms with Crippen LogP contribution >= 0.6 is 0 Å². The van der Waals surface area contributed by atoms with Crippen LogP contribution < -0.4 is 0 Å². The van der Waals surface area contributed by atoms with Gasteiger partial charge in [-0.05, 0) is 26.0 Å². The molecule has 1 N–H and O–H groups in total. The van der Waals surface area contributed by atoms with E-state index in [1.54, 1.807) is 36.7 Å². The van der Waals surface area contributed by atoms with Crippen LogP contribution in [-0.2, 0) is 16.1 Å². The first-order valence-electron chi connectivity index (χ1n) is 6.26. The van der Waals surface area contributed by atoms with Crippen molar-refractivity contribution in [1.29, 1.82) is 0 Å². The van der Waals surface area contributed by atoms with Crippen LogP contribution in [0.3, 0.4) is 0 Å².